The predicted octanol–water partition coefficient (Wildman–Crippen LogP) is 7.16. The topological polar surface area (TPSA) is 306 Å². The Morgan fingerprint density at radius 3 is 2.27 bits per heavy atom. The van der Waals surface area contributed by atoms with Crippen LogP contribution < -0.4 is 36.9 Å². The van der Waals surface area contributed by atoms with E-state index in [4.69, 9.17) is 44.1 Å². The SMILES string of the molecule is CC(C)(C)NC(=O)[C@@H]1C[C@@H]2CCCC[C@@H]2CN1C[C@@H](O)[C@H](Cc1ccccc1)NC(=O)[C@H](CC(N)=O)NC(=O)c1ccc2ccccc2n1.Cc1cc(S(N)(=O)=O)ccc1NC(=O)COc1ccc(Cl)cc1C(=O)c1cc(Cl)cc(C#N)c1. The normalized spacial score (nSPS) is 17.2. The molecule has 8 rings (SSSR count). The number of pyridine rings is 1. The number of halogens is 2. The van der Waals surface area contributed by atoms with Gasteiger partial charge >= 0.3 is 0 Å². The monoisotopic (exact) mass is 1190 g/mol. The van der Waals surface area contributed by atoms with E-state index in [2.05, 4.69) is 31.2 Å². The Labute approximate surface area is 492 Å². The molecule has 5 aromatic carbocycles. The number of anilines is 1. The number of aliphatic hydroxyl groups excluding tert-OH is 1. The number of hydrogen-bond donors (Lipinski definition) is 7. The number of benzene rings is 5. The third-order valence-electron chi connectivity index (χ3n) is 14.3. The number of carbonyl (C=O) groups is 6. The minimum absolute atomic E-state index is 0.0566. The Bertz CT molecular complexity index is 3540. The van der Waals surface area contributed by atoms with E-state index < -0.39 is 82.2 Å². The lowest BCUT2D eigenvalue weighted by molar-refractivity contribution is -0.133. The molecule has 1 aliphatic heterocycles. The van der Waals surface area contributed by atoms with Gasteiger partial charge in [0.15, 0.2) is 12.4 Å². The summed E-state index contributed by atoms with van der Waals surface area (Å²) in [4.78, 5) is 84.7. The summed E-state index contributed by atoms with van der Waals surface area (Å²) in [5, 5.41) is 38.7. The van der Waals surface area contributed by atoms with Crippen LogP contribution in [0.25, 0.3) is 10.9 Å². The number of nitrogens with two attached hydrogens (primary N) is 2. The number of ketones is 1. The van der Waals surface area contributed by atoms with Gasteiger partial charge in [0, 0.05) is 45.3 Å². The quantitative estimate of drug-likeness (QED) is 0.0397. The molecule has 436 valence electrons. The van der Waals surface area contributed by atoms with Gasteiger partial charge < -0.3 is 36.8 Å². The zero-order valence-electron chi connectivity index (χ0n) is 46.4. The predicted molar refractivity (Wildman–Crippen MR) is 316 cm³/mol. The lowest BCUT2D eigenvalue weighted by Crippen LogP contribution is -2.61. The Kier molecular flexibility index (Phi) is 21.2. The van der Waals surface area contributed by atoms with Crippen molar-refractivity contribution < 1.29 is 47.0 Å². The molecular formula is C61H67Cl2N9O10S. The molecule has 1 aromatic heterocycles. The Morgan fingerprint density at radius 2 is 1.58 bits per heavy atom. The number of carbonyl (C=O) groups excluding carboxylic acids is 6. The van der Waals surface area contributed by atoms with Gasteiger partial charge in [-0.3, -0.25) is 33.7 Å². The minimum Gasteiger partial charge on any atom is -0.483 e. The fraction of sp³-hybridized carbons (Fsp3) is 0.344. The molecule has 19 nitrogen and oxygen atoms in total. The lowest BCUT2D eigenvalue weighted by atomic mass is 9.72. The molecule has 2 heterocycles. The van der Waals surface area contributed by atoms with Crippen molar-refractivity contribution in [3.63, 3.8) is 0 Å². The van der Waals surface area contributed by atoms with Crippen LogP contribution in [0.15, 0.2) is 126 Å². The van der Waals surface area contributed by atoms with E-state index in [1.165, 1.54) is 61.0 Å². The molecular weight excluding hydrogens is 1120 g/mol. The number of sulfonamides is 1. The molecule has 0 unspecified atom stereocenters. The average molecular weight is 1190 g/mol. The van der Waals surface area contributed by atoms with Gasteiger partial charge in [0.05, 0.1) is 52.2 Å². The van der Waals surface area contributed by atoms with Crippen molar-refractivity contribution in [2.45, 2.75) is 107 Å². The smallest absolute Gasteiger partial charge is 0.270 e. The van der Waals surface area contributed by atoms with E-state index in [0.717, 1.165) is 36.6 Å². The summed E-state index contributed by atoms with van der Waals surface area (Å²) in [5.74, 6) is -2.14. The minimum atomic E-state index is -3.87. The third-order valence-corrected chi connectivity index (χ3v) is 15.7. The number of β-amino-alcohol motifs (C(OH)–C–C–N with tert-alkyl or cyclic N) is 1. The van der Waals surface area contributed by atoms with Gasteiger partial charge in [-0.2, -0.15) is 5.26 Å². The van der Waals surface area contributed by atoms with Gasteiger partial charge in [-0.1, -0.05) is 97.1 Å². The zero-order valence-corrected chi connectivity index (χ0v) is 48.7. The van der Waals surface area contributed by atoms with E-state index in [1.54, 1.807) is 25.1 Å². The van der Waals surface area contributed by atoms with E-state index in [9.17, 15) is 42.3 Å². The van der Waals surface area contributed by atoms with Crippen LogP contribution in [-0.4, -0.2) is 108 Å². The van der Waals surface area contributed by atoms with Crippen molar-refractivity contribution in [3.05, 3.63) is 165 Å². The summed E-state index contributed by atoms with van der Waals surface area (Å²) in [6.07, 6.45) is 4.03. The van der Waals surface area contributed by atoms with Crippen LogP contribution in [0.3, 0.4) is 0 Å². The van der Waals surface area contributed by atoms with Gasteiger partial charge in [-0.05, 0) is 137 Å². The van der Waals surface area contributed by atoms with Crippen molar-refractivity contribution in [2.24, 2.45) is 22.7 Å². The molecule has 22 heteroatoms. The number of ether oxygens (including phenoxy) is 1. The summed E-state index contributed by atoms with van der Waals surface area (Å²) < 4.78 is 28.5. The highest BCUT2D eigenvalue weighted by Gasteiger charge is 2.42. The molecule has 1 aliphatic carbocycles. The molecule has 5 amide bonds. The molecule has 83 heavy (non-hydrogen) atoms. The van der Waals surface area contributed by atoms with Crippen molar-refractivity contribution in [1.82, 2.24) is 25.8 Å². The molecule has 1 saturated heterocycles. The molecule has 1 saturated carbocycles. The van der Waals surface area contributed by atoms with E-state index >= 15 is 0 Å². The van der Waals surface area contributed by atoms with Crippen LogP contribution >= 0.6 is 23.2 Å². The number of nitrogens with zero attached hydrogens (tertiary/aromatic N) is 3. The molecule has 0 radical (unpaired) electrons. The maximum atomic E-state index is 13.8. The Balaban J connectivity index is 0.000000255. The number of likely N-dealkylation sites (tertiary alicyclic amines) is 1. The van der Waals surface area contributed by atoms with Crippen molar-refractivity contribution >= 4 is 85.1 Å². The summed E-state index contributed by atoms with van der Waals surface area (Å²) in [6.45, 7) is 7.89. The summed E-state index contributed by atoms with van der Waals surface area (Å²) in [7, 11) is -3.87. The molecule has 9 N–H and O–H groups in total. The van der Waals surface area contributed by atoms with E-state index in [-0.39, 0.29) is 61.9 Å². The molecule has 6 atom stereocenters. The number of aliphatic hydroxyl groups is 1. The van der Waals surface area contributed by atoms with Gasteiger partial charge in [-0.25, -0.2) is 18.5 Å². The molecule has 6 aromatic rings. The second-order valence-corrected chi connectivity index (χ2v) is 24.3. The summed E-state index contributed by atoms with van der Waals surface area (Å²) in [5.41, 5.74) is 8.01. The van der Waals surface area contributed by atoms with Gasteiger partial charge in [-0.15, -0.1) is 0 Å². The average Bonchev–Trinajstić information content (AvgIpc) is 3.56. The number of aryl methyl sites for hydroxylation is 1. The first kappa shape index (κ1) is 62.8. The van der Waals surface area contributed by atoms with Gasteiger partial charge in [0.25, 0.3) is 11.8 Å². The number of aromatic nitrogens is 1. The van der Waals surface area contributed by atoms with E-state index in [1.807, 2.05) is 75.4 Å². The largest absolute Gasteiger partial charge is 0.483 e. The number of piperidine rings is 1. The van der Waals surface area contributed by atoms with Crippen molar-refractivity contribution in [3.8, 4) is 11.8 Å². The highest BCUT2D eigenvalue weighted by molar-refractivity contribution is 7.89. The number of fused-ring (bicyclic) bond motifs is 2. The maximum Gasteiger partial charge on any atom is 0.270 e. The van der Waals surface area contributed by atoms with Crippen LogP contribution in [0, 0.1) is 30.1 Å². The number of para-hydroxylation sites is 1. The number of amides is 5. The number of rotatable bonds is 19. The van der Waals surface area contributed by atoms with Crippen molar-refractivity contribution in [1.29, 1.82) is 5.26 Å². The summed E-state index contributed by atoms with van der Waals surface area (Å²) >= 11 is 12.1. The van der Waals surface area contributed by atoms with Crippen molar-refractivity contribution in [2.75, 3.05) is 25.0 Å². The first-order valence-electron chi connectivity index (χ1n) is 27.0. The maximum absolute atomic E-state index is 13.8. The van der Waals surface area contributed by atoms with Crippen LogP contribution in [0.4, 0.5) is 5.69 Å². The second-order valence-electron chi connectivity index (χ2n) is 21.9. The number of primary amides is 1. The van der Waals surface area contributed by atoms with E-state index in [0.29, 0.717) is 35.1 Å². The number of primary sulfonamides is 1. The molecule has 0 bridgehead atoms. The van der Waals surface area contributed by atoms with Crippen LogP contribution in [0.1, 0.15) is 102 Å². The Morgan fingerprint density at radius 1 is 0.867 bits per heavy atom. The van der Waals surface area contributed by atoms with Crippen LogP contribution in [-0.2, 0) is 35.6 Å². The third kappa shape index (κ3) is 17.9. The summed E-state index contributed by atoms with van der Waals surface area (Å²) in [6, 6.07) is 32.2. The standard InChI is InChI=1S/C38H50N6O5.C23H17Cl2N3O5S/c1-38(2,3)43-37(49)32-20-26-14-7-8-15-27(26)22-44(32)23-33(45)30(19-24-11-5-4-6-12-24)41-36(48)31(21-34(39)46)42-35(47)29-18-17-25-13-9-10-16-28(25)40-29;1-13-6-18(34(27,31)32)3-4-20(13)28-22(29)12-33-21-5-2-16(24)10-19(21)23(30)15-7-14(11-26)8-17(25)9-15/h4-6,9-13,16-18,26-27,30-33,45H,7-8,14-15,19-23H2,1-3H3,(H2,39,46)(H,41,48)(H,42,47)(H,43,49);2-10H,12H2,1H3,(H,28,29)(H2,27,31,32)/t26-,27+,30-,31-,32-,33+;/m0./s1. The first-order chi connectivity index (χ1) is 39.3. The van der Waals surface area contributed by atoms with Gasteiger partial charge in [0.2, 0.25) is 27.7 Å². The molecule has 0 spiro atoms. The fourth-order valence-corrected chi connectivity index (χ4v) is 11.3. The molecule has 2 fully saturated rings. The molecule has 2 aliphatic rings. The highest BCUT2D eigenvalue weighted by atomic mass is 35.5. The lowest BCUT2D eigenvalue weighted by Gasteiger charge is -2.47. The number of hydrogen-bond acceptors (Lipinski definition) is 13. The first-order valence-corrected chi connectivity index (χ1v) is 29.3. The second kappa shape index (κ2) is 28.0. The zero-order chi connectivity index (χ0) is 60.2. The van der Waals surface area contributed by atoms with Crippen LogP contribution in [0.5, 0.6) is 5.75 Å². The fourth-order valence-electron chi connectivity index (χ4n) is 10.3. The van der Waals surface area contributed by atoms with Gasteiger partial charge in [0.1, 0.15) is 17.5 Å². The number of nitriles is 1. The Hall–Kier alpha value is -7.77. The number of nitrogens with one attached hydrogen (secondary N) is 4. The highest BCUT2D eigenvalue weighted by Crippen LogP contribution is 2.39. The van der Waals surface area contributed by atoms with Crippen LogP contribution in [0.2, 0.25) is 10.0 Å².